The smallest absolute Gasteiger partial charge is 0.264 e. The third-order valence-corrected chi connectivity index (χ3v) is 6.21. The van der Waals surface area contributed by atoms with Crippen molar-refractivity contribution in [3.8, 4) is 17.1 Å². The van der Waals surface area contributed by atoms with Crippen molar-refractivity contribution in [3.05, 3.63) is 58.3 Å². The van der Waals surface area contributed by atoms with Crippen molar-refractivity contribution in [1.29, 1.82) is 0 Å². The molecule has 8 nitrogen and oxygen atoms in total. The molecule has 1 unspecified atom stereocenters. The number of alkyl halides is 2. The highest BCUT2D eigenvalue weighted by Crippen LogP contribution is 2.38. The molecule has 0 spiro atoms. The van der Waals surface area contributed by atoms with E-state index >= 15 is 0 Å². The van der Waals surface area contributed by atoms with Crippen molar-refractivity contribution in [3.63, 3.8) is 0 Å². The van der Waals surface area contributed by atoms with Gasteiger partial charge in [-0.15, -0.1) is 0 Å². The number of halogens is 2. The van der Waals surface area contributed by atoms with Gasteiger partial charge in [0.2, 0.25) is 5.88 Å². The minimum absolute atomic E-state index is 0.0679. The molecule has 1 N–H and O–H groups in total. The SMILES string of the molecule is Cc1ccc2c(n1)CCC2NC(=O)COc1cc(C(F)F)c2c(-c3cc(C)oc3C)nn(C)c2n1. The summed E-state index contributed by atoms with van der Waals surface area (Å²) < 4.78 is 40.7. The molecular formula is C25H25F2N5O3. The van der Waals surface area contributed by atoms with E-state index < -0.39 is 6.43 Å². The van der Waals surface area contributed by atoms with Crippen LogP contribution < -0.4 is 10.1 Å². The van der Waals surface area contributed by atoms with E-state index in [4.69, 9.17) is 9.15 Å². The summed E-state index contributed by atoms with van der Waals surface area (Å²) >= 11 is 0. The normalized spacial score (nSPS) is 15.1. The van der Waals surface area contributed by atoms with Crippen LogP contribution in [0.25, 0.3) is 22.3 Å². The van der Waals surface area contributed by atoms with Crippen LogP contribution in [0.2, 0.25) is 0 Å². The average Bonchev–Trinajstić information content (AvgIpc) is 3.46. The van der Waals surface area contributed by atoms with E-state index in [9.17, 15) is 13.6 Å². The van der Waals surface area contributed by atoms with Crippen molar-refractivity contribution in [1.82, 2.24) is 25.1 Å². The molecule has 0 saturated carbocycles. The number of pyridine rings is 2. The molecule has 35 heavy (non-hydrogen) atoms. The summed E-state index contributed by atoms with van der Waals surface area (Å²) in [6, 6.07) is 6.68. The lowest BCUT2D eigenvalue weighted by Gasteiger charge is -2.14. The molecule has 5 rings (SSSR count). The number of carbonyl (C=O) groups excluding carboxylic acids is 1. The lowest BCUT2D eigenvalue weighted by atomic mass is 10.1. The maximum atomic E-state index is 14.1. The Morgan fingerprint density at radius 3 is 2.77 bits per heavy atom. The Hall–Kier alpha value is -3.82. The number of hydrogen-bond acceptors (Lipinski definition) is 6. The second-order valence-corrected chi connectivity index (χ2v) is 8.78. The van der Waals surface area contributed by atoms with Gasteiger partial charge in [-0.2, -0.15) is 10.1 Å². The summed E-state index contributed by atoms with van der Waals surface area (Å²) in [4.78, 5) is 21.5. The molecule has 0 fully saturated rings. The molecular weight excluding hydrogens is 456 g/mol. The van der Waals surface area contributed by atoms with E-state index in [1.165, 1.54) is 10.7 Å². The molecule has 1 atom stereocenters. The molecule has 4 aromatic heterocycles. The van der Waals surface area contributed by atoms with Crippen molar-refractivity contribution in [2.24, 2.45) is 7.05 Å². The summed E-state index contributed by atoms with van der Waals surface area (Å²) in [5, 5.41) is 7.60. The third kappa shape index (κ3) is 4.24. The topological polar surface area (TPSA) is 95.1 Å². The van der Waals surface area contributed by atoms with Gasteiger partial charge in [0.25, 0.3) is 12.3 Å². The van der Waals surface area contributed by atoms with Crippen LogP contribution in [0.3, 0.4) is 0 Å². The number of nitrogens with one attached hydrogen (secondary N) is 1. The van der Waals surface area contributed by atoms with Crippen LogP contribution >= 0.6 is 0 Å². The van der Waals surface area contributed by atoms with Crippen LogP contribution in [0.1, 0.15) is 52.9 Å². The molecule has 1 amide bonds. The Bertz CT molecular complexity index is 1440. The quantitative estimate of drug-likeness (QED) is 0.430. The number of furan rings is 1. The molecule has 0 radical (unpaired) electrons. The molecule has 10 heteroatoms. The highest BCUT2D eigenvalue weighted by molar-refractivity contribution is 5.95. The largest absolute Gasteiger partial charge is 0.467 e. The second kappa shape index (κ2) is 8.75. The van der Waals surface area contributed by atoms with Gasteiger partial charge in [-0.25, -0.2) is 13.5 Å². The second-order valence-electron chi connectivity index (χ2n) is 8.78. The first-order chi connectivity index (χ1) is 16.7. The summed E-state index contributed by atoms with van der Waals surface area (Å²) in [5.41, 5.74) is 3.89. The number of ether oxygens (including phenoxy) is 1. The molecule has 0 aromatic carbocycles. The minimum Gasteiger partial charge on any atom is -0.467 e. The number of rotatable bonds is 6. The Morgan fingerprint density at radius 2 is 2.06 bits per heavy atom. The lowest BCUT2D eigenvalue weighted by Crippen LogP contribution is -2.31. The van der Waals surface area contributed by atoms with E-state index in [-0.39, 0.29) is 41.0 Å². The van der Waals surface area contributed by atoms with Gasteiger partial charge in [0.05, 0.1) is 11.4 Å². The molecule has 1 aliphatic rings. The zero-order chi connectivity index (χ0) is 24.9. The number of aromatic nitrogens is 4. The van der Waals surface area contributed by atoms with Crippen molar-refractivity contribution < 1.29 is 22.7 Å². The zero-order valence-corrected chi connectivity index (χ0v) is 19.9. The number of nitrogens with zero attached hydrogens (tertiary/aromatic N) is 4. The fraction of sp³-hybridized carbons (Fsp3) is 0.360. The molecule has 4 aromatic rings. The number of amides is 1. The predicted molar refractivity (Wildman–Crippen MR) is 124 cm³/mol. The predicted octanol–water partition coefficient (Wildman–Crippen LogP) is 4.67. The van der Waals surface area contributed by atoms with Crippen LogP contribution in [0.15, 0.2) is 28.7 Å². The van der Waals surface area contributed by atoms with Gasteiger partial charge in [-0.05, 0) is 51.3 Å². The first kappa shape index (κ1) is 22.9. The fourth-order valence-electron chi connectivity index (χ4n) is 4.65. The highest BCUT2D eigenvalue weighted by Gasteiger charge is 2.27. The maximum Gasteiger partial charge on any atom is 0.264 e. The minimum atomic E-state index is -2.79. The van der Waals surface area contributed by atoms with Gasteiger partial charge in [-0.1, -0.05) is 6.07 Å². The van der Waals surface area contributed by atoms with E-state index in [0.717, 1.165) is 29.8 Å². The van der Waals surface area contributed by atoms with Gasteiger partial charge in [0.15, 0.2) is 12.3 Å². The van der Waals surface area contributed by atoms with Gasteiger partial charge < -0.3 is 14.5 Å². The van der Waals surface area contributed by atoms with Gasteiger partial charge in [0.1, 0.15) is 17.2 Å². The fourth-order valence-corrected chi connectivity index (χ4v) is 4.65. The Balaban J connectivity index is 1.38. The van der Waals surface area contributed by atoms with Crippen LogP contribution in [0, 0.1) is 20.8 Å². The van der Waals surface area contributed by atoms with Crippen LogP contribution in [0.5, 0.6) is 5.88 Å². The van der Waals surface area contributed by atoms with Crippen LogP contribution in [-0.2, 0) is 18.3 Å². The molecule has 0 bridgehead atoms. The van der Waals surface area contributed by atoms with Crippen molar-refractivity contribution in [2.75, 3.05) is 6.61 Å². The third-order valence-electron chi connectivity index (χ3n) is 6.21. The van der Waals surface area contributed by atoms with Gasteiger partial charge in [-0.3, -0.25) is 9.78 Å². The Morgan fingerprint density at radius 1 is 1.26 bits per heavy atom. The Labute approximate surface area is 200 Å². The first-order valence-electron chi connectivity index (χ1n) is 11.3. The van der Waals surface area contributed by atoms with E-state index in [1.807, 2.05) is 19.1 Å². The summed E-state index contributed by atoms with van der Waals surface area (Å²) in [6.07, 6.45) is -1.25. The summed E-state index contributed by atoms with van der Waals surface area (Å²) in [7, 11) is 1.63. The number of hydrogen-bond donors (Lipinski definition) is 1. The summed E-state index contributed by atoms with van der Waals surface area (Å²) in [5.74, 6) is 0.809. The van der Waals surface area contributed by atoms with E-state index in [2.05, 4.69) is 20.4 Å². The van der Waals surface area contributed by atoms with E-state index in [1.54, 1.807) is 27.0 Å². The monoisotopic (exact) mass is 481 g/mol. The van der Waals surface area contributed by atoms with Crippen molar-refractivity contribution >= 4 is 16.9 Å². The summed E-state index contributed by atoms with van der Waals surface area (Å²) in [6.45, 7) is 5.12. The first-order valence-corrected chi connectivity index (χ1v) is 11.3. The van der Waals surface area contributed by atoms with Crippen molar-refractivity contribution in [2.45, 2.75) is 46.1 Å². The molecule has 0 aliphatic heterocycles. The van der Waals surface area contributed by atoms with Crippen LogP contribution in [0.4, 0.5) is 8.78 Å². The molecule has 182 valence electrons. The zero-order valence-electron chi connectivity index (χ0n) is 19.9. The number of aryl methyl sites for hydroxylation is 5. The highest BCUT2D eigenvalue weighted by atomic mass is 19.3. The standard InChI is InChI=1S/C25H25F2N5O3/c1-12-5-6-15-18(28-12)7-8-19(15)29-20(33)11-34-21-10-17(24(26)27)22-23(31-32(4)25(22)30-21)16-9-13(2)35-14(16)3/h5-6,9-10,19,24H,7-8,11H2,1-4H3,(H,29,33). The molecule has 1 aliphatic carbocycles. The maximum absolute atomic E-state index is 14.1. The molecule has 0 saturated heterocycles. The molecule has 4 heterocycles. The Kier molecular flexibility index (Phi) is 5.74. The number of carbonyl (C=O) groups is 1. The van der Waals surface area contributed by atoms with Gasteiger partial charge in [0, 0.05) is 35.6 Å². The van der Waals surface area contributed by atoms with Crippen LogP contribution in [-0.4, -0.2) is 32.3 Å². The van der Waals surface area contributed by atoms with Gasteiger partial charge >= 0.3 is 0 Å². The number of fused-ring (bicyclic) bond motifs is 2. The lowest BCUT2D eigenvalue weighted by molar-refractivity contribution is -0.123. The average molecular weight is 482 g/mol. The van der Waals surface area contributed by atoms with E-state index in [0.29, 0.717) is 22.8 Å².